The van der Waals surface area contributed by atoms with Gasteiger partial charge in [0.15, 0.2) is 0 Å². The van der Waals surface area contributed by atoms with Crippen LogP contribution in [0.4, 0.5) is 5.69 Å². The van der Waals surface area contributed by atoms with Gasteiger partial charge in [0.1, 0.15) is 6.54 Å². The van der Waals surface area contributed by atoms with Crippen LogP contribution >= 0.6 is 23.4 Å². The Balaban J connectivity index is 1.46. The smallest absolute Gasteiger partial charge is 0.265 e. The van der Waals surface area contributed by atoms with Crippen LogP contribution in [0.2, 0.25) is 5.02 Å². The van der Waals surface area contributed by atoms with E-state index in [4.69, 9.17) is 11.6 Å². The molecule has 6 heteroatoms. The summed E-state index contributed by atoms with van der Waals surface area (Å²) < 4.78 is 0. The summed E-state index contributed by atoms with van der Waals surface area (Å²) in [4.78, 5) is 28.9. The zero-order valence-electron chi connectivity index (χ0n) is 16.8. The second-order valence-corrected chi connectivity index (χ2v) is 8.63. The number of para-hydroxylation sites is 1. The Morgan fingerprint density at radius 2 is 1.68 bits per heavy atom. The predicted octanol–water partition coefficient (Wildman–Crippen LogP) is 5.18. The van der Waals surface area contributed by atoms with E-state index in [-0.39, 0.29) is 18.4 Å². The molecule has 1 N–H and O–H groups in total. The molecule has 0 spiro atoms. The second-order valence-electron chi connectivity index (χ2n) is 7.11. The van der Waals surface area contributed by atoms with Gasteiger partial charge in [0, 0.05) is 16.5 Å². The highest BCUT2D eigenvalue weighted by Gasteiger charge is 2.30. The molecule has 0 saturated carbocycles. The molecule has 3 aromatic carbocycles. The third-order valence-corrected chi connectivity index (χ3v) is 6.21. The van der Waals surface area contributed by atoms with Crippen LogP contribution in [-0.4, -0.2) is 24.9 Å². The number of amides is 2. The first-order chi connectivity index (χ1) is 15.1. The molecule has 1 aliphatic rings. The van der Waals surface area contributed by atoms with Crippen LogP contribution in [0, 0.1) is 0 Å². The molecule has 0 unspecified atom stereocenters. The molecule has 156 valence electrons. The molecule has 0 aromatic heterocycles. The summed E-state index contributed by atoms with van der Waals surface area (Å²) in [5.41, 5.74) is 2.80. The molecule has 0 saturated heterocycles. The summed E-state index contributed by atoms with van der Waals surface area (Å²) in [7, 11) is 0. The highest BCUT2D eigenvalue weighted by molar-refractivity contribution is 8.04. The van der Waals surface area contributed by atoms with Crippen molar-refractivity contribution in [3.8, 4) is 0 Å². The molecule has 4 rings (SSSR count). The van der Waals surface area contributed by atoms with E-state index in [1.54, 1.807) is 4.90 Å². The van der Waals surface area contributed by atoms with Gasteiger partial charge in [0.05, 0.1) is 10.6 Å². The van der Waals surface area contributed by atoms with Crippen molar-refractivity contribution in [1.29, 1.82) is 0 Å². The molecule has 0 bridgehead atoms. The highest BCUT2D eigenvalue weighted by atomic mass is 35.5. The maximum absolute atomic E-state index is 13.2. The molecule has 0 radical (unpaired) electrons. The molecule has 2 amide bonds. The van der Waals surface area contributed by atoms with Crippen molar-refractivity contribution >= 4 is 46.9 Å². The lowest BCUT2D eigenvalue weighted by Crippen LogP contribution is -2.43. The monoisotopic (exact) mass is 448 g/mol. The SMILES string of the molecule is O=C(CN1C(=O)/C(=C/c2ccccc2)Sc2ccccc21)NCCc1ccc(Cl)cc1. The van der Waals surface area contributed by atoms with Crippen LogP contribution in [0.25, 0.3) is 6.08 Å². The molecular weight excluding hydrogens is 428 g/mol. The first-order valence-corrected chi connectivity index (χ1v) is 11.2. The summed E-state index contributed by atoms with van der Waals surface area (Å²) in [6.45, 7) is 0.467. The van der Waals surface area contributed by atoms with Gasteiger partial charge in [-0.3, -0.25) is 14.5 Å². The van der Waals surface area contributed by atoms with E-state index in [2.05, 4.69) is 5.32 Å². The number of nitrogens with zero attached hydrogens (tertiary/aromatic N) is 1. The lowest BCUT2D eigenvalue weighted by Gasteiger charge is -2.29. The van der Waals surface area contributed by atoms with E-state index in [0.29, 0.717) is 22.9 Å². The van der Waals surface area contributed by atoms with Crippen molar-refractivity contribution in [3.63, 3.8) is 0 Å². The van der Waals surface area contributed by atoms with Crippen molar-refractivity contribution in [2.75, 3.05) is 18.0 Å². The predicted molar refractivity (Wildman–Crippen MR) is 127 cm³/mol. The zero-order valence-corrected chi connectivity index (χ0v) is 18.3. The van der Waals surface area contributed by atoms with Crippen LogP contribution in [0.5, 0.6) is 0 Å². The largest absolute Gasteiger partial charge is 0.354 e. The van der Waals surface area contributed by atoms with E-state index >= 15 is 0 Å². The Labute approximate surface area is 190 Å². The van der Waals surface area contributed by atoms with Crippen LogP contribution in [0.1, 0.15) is 11.1 Å². The minimum atomic E-state index is -0.192. The topological polar surface area (TPSA) is 49.4 Å². The van der Waals surface area contributed by atoms with Crippen LogP contribution in [0.15, 0.2) is 88.7 Å². The lowest BCUT2D eigenvalue weighted by molar-refractivity contribution is -0.122. The number of anilines is 1. The third-order valence-electron chi connectivity index (χ3n) is 4.88. The molecule has 0 aliphatic carbocycles. The van der Waals surface area contributed by atoms with E-state index in [0.717, 1.165) is 21.7 Å². The van der Waals surface area contributed by atoms with Crippen molar-refractivity contribution in [2.45, 2.75) is 11.3 Å². The third kappa shape index (κ3) is 5.37. The van der Waals surface area contributed by atoms with Crippen molar-refractivity contribution in [2.24, 2.45) is 0 Å². The van der Waals surface area contributed by atoms with Gasteiger partial charge in [-0.2, -0.15) is 0 Å². The molecule has 1 heterocycles. The molecule has 31 heavy (non-hydrogen) atoms. The number of carbonyl (C=O) groups excluding carboxylic acids is 2. The fraction of sp³-hybridized carbons (Fsp3) is 0.120. The van der Waals surface area contributed by atoms with Gasteiger partial charge in [0.25, 0.3) is 5.91 Å². The molecular formula is C25H21ClN2O2S. The standard InChI is InChI=1S/C25H21ClN2O2S/c26-20-12-10-18(11-13-20)14-15-27-24(29)17-28-21-8-4-5-9-22(21)31-23(25(28)30)16-19-6-2-1-3-7-19/h1-13,16H,14-15,17H2,(H,27,29)/b23-16-. The summed E-state index contributed by atoms with van der Waals surface area (Å²) in [6, 6.07) is 24.9. The van der Waals surface area contributed by atoms with E-state index < -0.39 is 0 Å². The highest BCUT2D eigenvalue weighted by Crippen LogP contribution is 2.41. The average molecular weight is 449 g/mol. The molecule has 3 aromatic rings. The number of nitrogens with one attached hydrogen (secondary N) is 1. The number of hydrogen-bond donors (Lipinski definition) is 1. The van der Waals surface area contributed by atoms with Crippen molar-refractivity contribution in [1.82, 2.24) is 5.32 Å². The number of thioether (sulfide) groups is 1. The first-order valence-electron chi connectivity index (χ1n) is 9.97. The average Bonchev–Trinajstić information content (AvgIpc) is 2.79. The summed E-state index contributed by atoms with van der Waals surface area (Å²) >= 11 is 7.34. The van der Waals surface area contributed by atoms with Gasteiger partial charge in [-0.15, -0.1) is 0 Å². The fourth-order valence-corrected chi connectivity index (χ4v) is 4.50. The number of rotatable bonds is 6. The van der Waals surface area contributed by atoms with Gasteiger partial charge in [-0.1, -0.05) is 78.0 Å². The quantitative estimate of drug-likeness (QED) is 0.528. The molecule has 1 aliphatic heterocycles. The first kappa shape index (κ1) is 21.2. The normalized spacial score (nSPS) is 14.4. The number of halogens is 1. The van der Waals surface area contributed by atoms with Gasteiger partial charge >= 0.3 is 0 Å². The summed E-state index contributed by atoms with van der Waals surface area (Å²) in [5.74, 6) is -0.358. The lowest BCUT2D eigenvalue weighted by atomic mass is 10.1. The summed E-state index contributed by atoms with van der Waals surface area (Å²) in [6.07, 6.45) is 2.57. The van der Waals surface area contributed by atoms with E-state index in [1.165, 1.54) is 11.8 Å². The number of benzene rings is 3. The van der Waals surface area contributed by atoms with Crippen LogP contribution in [-0.2, 0) is 16.0 Å². The molecule has 4 nitrogen and oxygen atoms in total. The fourth-order valence-electron chi connectivity index (χ4n) is 3.32. The Morgan fingerprint density at radius 3 is 2.45 bits per heavy atom. The Hall–Kier alpha value is -3.02. The minimum Gasteiger partial charge on any atom is -0.354 e. The van der Waals surface area contributed by atoms with Crippen LogP contribution in [0.3, 0.4) is 0 Å². The Morgan fingerprint density at radius 1 is 0.968 bits per heavy atom. The van der Waals surface area contributed by atoms with Crippen LogP contribution < -0.4 is 10.2 Å². The minimum absolute atomic E-state index is 0.0246. The summed E-state index contributed by atoms with van der Waals surface area (Å²) in [5, 5.41) is 3.60. The molecule has 0 fully saturated rings. The zero-order chi connectivity index (χ0) is 21.6. The Bertz CT molecular complexity index is 1110. The van der Waals surface area contributed by atoms with E-state index in [9.17, 15) is 9.59 Å². The maximum Gasteiger partial charge on any atom is 0.265 e. The van der Waals surface area contributed by atoms with Crippen molar-refractivity contribution < 1.29 is 9.59 Å². The number of hydrogen-bond acceptors (Lipinski definition) is 3. The molecule has 0 atom stereocenters. The van der Waals surface area contributed by atoms with Gasteiger partial charge in [-0.25, -0.2) is 0 Å². The van der Waals surface area contributed by atoms with Gasteiger partial charge in [-0.05, 0) is 47.9 Å². The van der Waals surface area contributed by atoms with Gasteiger partial charge in [0.2, 0.25) is 5.91 Å². The number of carbonyl (C=O) groups is 2. The van der Waals surface area contributed by atoms with Crippen molar-refractivity contribution in [3.05, 3.63) is 99.9 Å². The van der Waals surface area contributed by atoms with Gasteiger partial charge < -0.3 is 5.32 Å². The van der Waals surface area contributed by atoms with E-state index in [1.807, 2.05) is 84.9 Å². The number of fused-ring (bicyclic) bond motifs is 1. The second kappa shape index (κ2) is 9.86. The Kier molecular flexibility index (Phi) is 6.75. The maximum atomic E-state index is 13.2.